The second-order valence-electron chi connectivity index (χ2n) is 6.91. The van der Waals surface area contributed by atoms with E-state index < -0.39 is 15.9 Å². The number of halogens is 2. The van der Waals surface area contributed by atoms with Crippen molar-refractivity contribution in [2.24, 2.45) is 10.2 Å². The summed E-state index contributed by atoms with van der Waals surface area (Å²) in [6.07, 6.45) is 0. The number of azo groups is 1. The van der Waals surface area contributed by atoms with Crippen LogP contribution >= 0.6 is 31.9 Å². The molecule has 4 rings (SSSR count). The number of rotatable bonds is 5. The standard InChI is InChI=1S/C23H15Br2N3O4S/c24-15-7-5-14(6-8-15)23(30)27-26-21-13-20(18-3-1-2-4-19(18)22(21)29)28-33(31,32)17-11-9-16(25)10-12-17/h1-13,28-29H. The molecule has 0 aliphatic carbocycles. The van der Waals surface area contributed by atoms with Crippen molar-refractivity contribution in [3.63, 3.8) is 0 Å². The van der Waals surface area contributed by atoms with E-state index in [9.17, 15) is 18.3 Å². The van der Waals surface area contributed by atoms with E-state index >= 15 is 0 Å². The van der Waals surface area contributed by atoms with Crippen molar-refractivity contribution in [3.05, 3.63) is 93.4 Å². The fourth-order valence-corrected chi connectivity index (χ4v) is 4.67. The summed E-state index contributed by atoms with van der Waals surface area (Å²) in [6.45, 7) is 0. The van der Waals surface area contributed by atoms with Crippen LogP contribution in [0.15, 0.2) is 103 Å². The third-order valence-electron chi connectivity index (χ3n) is 4.70. The Bertz CT molecular complexity index is 1490. The monoisotopic (exact) mass is 587 g/mol. The van der Waals surface area contributed by atoms with E-state index in [0.717, 1.165) is 8.95 Å². The highest BCUT2D eigenvalue weighted by Gasteiger charge is 2.18. The number of aromatic hydroxyl groups is 1. The number of nitrogens with one attached hydrogen (secondary N) is 1. The van der Waals surface area contributed by atoms with Gasteiger partial charge in [-0.05, 0) is 54.6 Å². The number of nitrogens with zero attached hydrogens (tertiary/aromatic N) is 2. The van der Waals surface area contributed by atoms with Crippen molar-refractivity contribution in [3.8, 4) is 5.75 Å². The fraction of sp³-hybridized carbons (Fsp3) is 0. The number of sulfonamides is 1. The van der Waals surface area contributed by atoms with Crippen LogP contribution < -0.4 is 4.72 Å². The lowest BCUT2D eigenvalue weighted by atomic mass is 10.1. The Morgan fingerprint density at radius 2 is 1.42 bits per heavy atom. The first-order chi connectivity index (χ1) is 15.7. The van der Waals surface area contributed by atoms with Gasteiger partial charge in [-0.25, -0.2) is 8.42 Å². The largest absolute Gasteiger partial charge is 0.505 e. The van der Waals surface area contributed by atoms with Crippen molar-refractivity contribution in [1.82, 2.24) is 0 Å². The molecular weight excluding hydrogens is 574 g/mol. The zero-order valence-electron chi connectivity index (χ0n) is 16.7. The Balaban J connectivity index is 1.74. The summed E-state index contributed by atoms with van der Waals surface area (Å²) in [5.41, 5.74) is 0.461. The molecule has 10 heteroatoms. The number of phenolic OH excluding ortho intramolecular Hbond substituents is 1. The number of carbonyl (C=O) groups is 1. The molecule has 0 bridgehead atoms. The maximum atomic E-state index is 12.9. The number of fused-ring (bicyclic) bond motifs is 1. The number of hydrogen-bond acceptors (Lipinski definition) is 5. The van der Waals surface area contributed by atoms with Crippen molar-refractivity contribution in [2.75, 3.05) is 4.72 Å². The molecule has 0 aliphatic heterocycles. The van der Waals surface area contributed by atoms with Gasteiger partial charge >= 0.3 is 0 Å². The summed E-state index contributed by atoms with van der Waals surface area (Å²) in [5.74, 6) is -0.823. The molecule has 1 amide bonds. The summed E-state index contributed by atoms with van der Waals surface area (Å²) in [6, 6.07) is 20.8. The molecule has 4 aromatic carbocycles. The Morgan fingerprint density at radius 1 is 0.848 bits per heavy atom. The van der Waals surface area contributed by atoms with Crippen LogP contribution in [-0.4, -0.2) is 19.4 Å². The number of hydrogen-bond donors (Lipinski definition) is 2. The van der Waals surface area contributed by atoms with Crippen molar-refractivity contribution in [2.45, 2.75) is 4.90 Å². The Morgan fingerprint density at radius 3 is 2.06 bits per heavy atom. The van der Waals surface area contributed by atoms with Gasteiger partial charge in [0.25, 0.3) is 15.9 Å². The summed E-state index contributed by atoms with van der Waals surface area (Å²) >= 11 is 6.58. The highest BCUT2D eigenvalue weighted by Crippen LogP contribution is 2.40. The number of phenols is 1. The quantitative estimate of drug-likeness (QED) is 0.197. The van der Waals surface area contributed by atoms with Gasteiger partial charge in [-0.1, -0.05) is 56.1 Å². The van der Waals surface area contributed by atoms with Gasteiger partial charge in [0.2, 0.25) is 0 Å². The maximum absolute atomic E-state index is 12.9. The van der Waals surface area contributed by atoms with Crippen LogP contribution in [0.5, 0.6) is 5.75 Å². The highest BCUT2D eigenvalue weighted by molar-refractivity contribution is 9.10. The molecule has 7 nitrogen and oxygen atoms in total. The molecule has 0 spiro atoms. The molecule has 0 radical (unpaired) electrons. The third-order valence-corrected chi connectivity index (χ3v) is 7.14. The Hall–Kier alpha value is -3.08. The Labute approximate surface area is 206 Å². The minimum atomic E-state index is -3.93. The van der Waals surface area contributed by atoms with Gasteiger partial charge in [-0.15, -0.1) is 10.2 Å². The topological polar surface area (TPSA) is 108 Å². The van der Waals surface area contributed by atoms with E-state index in [0.29, 0.717) is 16.3 Å². The first-order valence-electron chi connectivity index (χ1n) is 9.49. The molecule has 0 aromatic heterocycles. The molecule has 0 fully saturated rings. The predicted molar refractivity (Wildman–Crippen MR) is 134 cm³/mol. The summed E-state index contributed by atoms with van der Waals surface area (Å²) in [5, 5.41) is 19.1. The summed E-state index contributed by atoms with van der Waals surface area (Å²) in [7, 11) is -3.93. The fourth-order valence-electron chi connectivity index (χ4n) is 3.07. The maximum Gasteiger partial charge on any atom is 0.295 e. The summed E-state index contributed by atoms with van der Waals surface area (Å²) in [4.78, 5) is 12.4. The normalized spacial score (nSPS) is 11.7. The molecular formula is C23H15Br2N3O4S. The van der Waals surface area contributed by atoms with Gasteiger partial charge in [0.1, 0.15) is 5.69 Å². The first kappa shape index (κ1) is 23.1. The molecule has 0 atom stereocenters. The van der Waals surface area contributed by atoms with Crippen LogP contribution in [0.25, 0.3) is 10.8 Å². The van der Waals surface area contributed by atoms with Crippen LogP contribution in [0.4, 0.5) is 11.4 Å². The van der Waals surface area contributed by atoms with E-state index in [2.05, 4.69) is 46.8 Å². The Kier molecular flexibility index (Phi) is 6.59. The average molecular weight is 589 g/mol. The van der Waals surface area contributed by atoms with E-state index in [1.165, 1.54) is 18.2 Å². The molecule has 0 aliphatic rings. The van der Waals surface area contributed by atoms with Gasteiger partial charge in [-0.2, -0.15) is 0 Å². The highest BCUT2D eigenvalue weighted by atomic mass is 79.9. The average Bonchev–Trinajstić information content (AvgIpc) is 2.80. The van der Waals surface area contributed by atoms with Crippen molar-refractivity contribution in [1.29, 1.82) is 0 Å². The lowest BCUT2D eigenvalue weighted by Crippen LogP contribution is -2.13. The third kappa shape index (κ3) is 5.13. The van der Waals surface area contributed by atoms with Crippen molar-refractivity contribution >= 4 is 69.9 Å². The van der Waals surface area contributed by atoms with Gasteiger partial charge in [0.15, 0.2) is 5.75 Å². The molecule has 33 heavy (non-hydrogen) atoms. The van der Waals surface area contributed by atoms with E-state index in [4.69, 9.17) is 0 Å². The van der Waals surface area contributed by atoms with E-state index in [1.54, 1.807) is 60.7 Å². The van der Waals surface area contributed by atoms with Gasteiger partial charge in [0, 0.05) is 25.3 Å². The number of amides is 1. The first-order valence-corrected chi connectivity index (χ1v) is 12.6. The molecule has 0 saturated carbocycles. The lowest BCUT2D eigenvalue weighted by molar-refractivity contribution is 0.0995. The number of anilines is 1. The minimum Gasteiger partial charge on any atom is -0.505 e. The molecule has 4 aromatic rings. The van der Waals surface area contributed by atoms with Crippen LogP contribution in [0.3, 0.4) is 0 Å². The minimum absolute atomic E-state index is 0.0485. The predicted octanol–water partition coefficient (Wildman–Crippen LogP) is 6.80. The van der Waals surface area contributed by atoms with Gasteiger partial charge < -0.3 is 5.11 Å². The van der Waals surface area contributed by atoms with Crippen LogP contribution in [0.1, 0.15) is 10.4 Å². The smallest absolute Gasteiger partial charge is 0.295 e. The van der Waals surface area contributed by atoms with Crippen LogP contribution in [0, 0.1) is 0 Å². The second kappa shape index (κ2) is 9.42. The second-order valence-corrected chi connectivity index (χ2v) is 10.4. The van der Waals surface area contributed by atoms with E-state index in [1.807, 2.05) is 0 Å². The number of benzene rings is 4. The van der Waals surface area contributed by atoms with E-state index in [-0.39, 0.29) is 22.0 Å². The lowest BCUT2D eigenvalue weighted by Gasteiger charge is -2.13. The van der Waals surface area contributed by atoms with Crippen LogP contribution in [0.2, 0.25) is 0 Å². The van der Waals surface area contributed by atoms with Gasteiger partial charge in [0.05, 0.1) is 10.6 Å². The molecule has 0 heterocycles. The van der Waals surface area contributed by atoms with Gasteiger partial charge in [-0.3, -0.25) is 9.52 Å². The zero-order valence-corrected chi connectivity index (χ0v) is 20.7. The zero-order chi connectivity index (χ0) is 23.6. The molecule has 2 N–H and O–H groups in total. The van der Waals surface area contributed by atoms with Crippen LogP contribution in [-0.2, 0) is 10.0 Å². The molecule has 0 saturated heterocycles. The van der Waals surface area contributed by atoms with Crippen molar-refractivity contribution < 1.29 is 18.3 Å². The molecule has 166 valence electrons. The SMILES string of the molecule is O=C(N=Nc1cc(NS(=O)(=O)c2ccc(Br)cc2)c2ccccc2c1O)c1ccc(Br)cc1. The molecule has 0 unspecified atom stereocenters. The summed E-state index contributed by atoms with van der Waals surface area (Å²) < 4.78 is 30.0. The number of carbonyl (C=O) groups excluding carboxylic acids is 1.